The van der Waals surface area contributed by atoms with Crippen molar-refractivity contribution in [3.63, 3.8) is 0 Å². The maximum absolute atomic E-state index is 12.9. The minimum Gasteiger partial charge on any atom is -0.462 e. The zero-order chi connectivity index (χ0) is 55.0. The topological polar surface area (TPSA) is 78.9 Å². The Morgan fingerprint density at radius 2 is 0.513 bits per heavy atom. The third kappa shape index (κ3) is 60.2. The highest BCUT2D eigenvalue weighted by atomic mass is 16.6. The quantitative estimate of drug-likeness (QED) is 0.0261. The van der Waals surface area contributed by atoms with Gasteiger partial charge in [0.05, 0.1) is 0 Å². The normalized spacial score (nSPS) is 13.1. The Morgan fingerprint density at radius 3 is 0.816 bits per heavy atom. The standard InChI is InChI=1S/C70H112O6/c1-4-7-10-13-16-19-22-25-27-29-31-33-35-37-39-41-43-45-48-51-54-57-60-63-69(72)75-66-67(65-74-68(71)62-59-56-53-50-47-24-21-18-15-12-9-6-3)76-70(73)64-61-58-55-52-49-46-44-42-40-38-36-34-32-30-28-26-23-20-17-14-11-8-5-2/h7-8,10-11,16-21,25-28,31-34,37-40,43,45,67H,4-6,9,12-15,22-24,29-30,35-36,41-42,44,46-66H2,1-3H3/b10-7-,11-8-,19-16-,20-17-,21-18-,27-25-,28-26-,33-31-,34-32-,39-37-,40-38-,45-43-. The largest absolute Gasteiger partial charge is 0.462 e. The van der Waals surface area contributed by atoms with E-state index in [2.05, 4.69) is 167 Å². The SMILES string of the molecule is CC/C=C\C/C=C\C/C=C\C/C=C\C/C=C\C/C=C\CCCCCCC(=O)OCC(COC(=O)CCCCCCC/C=C\CCCCC)OC(=O)CCCCCCCCC/C=C\C/C=C\C/C=C\C/C=C\C/C=C\CC. The molecule has 0 aromatic rings. The van der Waals surface area contributed by atoms with Crippen LogP contribution >= 0.6 is 0 Å². The van der Waals surface area contributed by atoms with Crippen molar-refractivity contribution < 1.29 is 28.6 Å². The van der Waals surface area contributed by atoms with E-state index in [1.165, 1.54) is 51.4 Å². The molecule has 0 radical (unpaired) electrons. The van der Waals surface area contributed by atoms with Crippen LogP contribution in [0.1, 0.15) is 258 Å². The summed E-state index contributed by atoms with van der Waals surface area (Å²) in [6.45, 7) is 6.35. The van der Waals surface area contributed by atoms with Crippen LogP contribution in [0.3, 0.4) is 0 Å². The molecule has 0 saturated carbocycles. The summed E-state index contributed by atoms with van der Waals surface area (Å²) in [5.74, 6) is -0.949. The van der Waals surface area contributed by atoms with Gasteiger partial charge in [0.2, 0.25) is 0 Å². The number of unbranched alkanes of at least 4 members (excludes halogenated alkanes) is 19. The van der Waals surface area contributed by atoms with Crippen molar-refractivity contribution in [1.29, 1.82) is 0 Å². The maximum Gasteiger partial charge on any atom is 0.306 e. The second-order valence-corrected chi connectivity index (χ2v) is 19.8. The van der Waals surface area contributed by atoms with Gasteiger partial charge in [-0.05, 0) is 141 Å². The molecule has 0 N–H and O–H groups in total. The first-order valence-electron chi connectivity index (χ1n) is 30.8. The van der Waals surface area contributed by atoms with Gasteiger partial charge >= 0.3 is 17.9 Å². The lowest BCUT2D eigenvalue weighted by molar-refractivity contribution is -0.167. The number of ether oxygens (including phenoxy) is 3. The number of carbonyl (C=O) groups is 3. The number of esters is 3. The lowest BCUT2D eigenvalue weighted by Crippen LogP contribution is -2.30. The molecule has 0 aliphatic carbocycles. The van der Waals surface area contributed by atoms with Gasteiger partial charge in [0.15, 0.2) is 6.10 Å². The molecule has 0 spiro atoms. The lowest BCUT2D eigenvalue weighted by atomic mass is 10.1. The van der Waals surface area contributed by atoms with Crippen LogP contribution in [-0.2, 0) is 28.6 Å². The summed E-state index contributed by atoms with van der Waals surface area (Å²) in [7, 11) is 0. The monoisotopic (exact) mass is 1050 g/mol. The fourth-order valence-electron chi connectivity index (χ4n) is 8.00. The van der Waals surface area contributed by atoms with Crippen LogP contribution in [0.15, 0.2) is 146 Å². The third-order valence-corrected chi connectivity index (χ3v) is 12.6. The van der Waals surface area contributed by atoms with Crippen molar-refractivity contribution in [2.75, 3.05) is 13.2 Å². The van der Waals surface area contributed by atoms with E-state index in [1.807, 2.05) is 0 Å². The summed E-state index contributed by atoms with van der Waals surface area (Å²) in [5, 5.41) is 0. The molecule has 6 nitrogen and oxygen atoms in total. The molecule has 0 heterocycles. The van der Waals surface area contributed by atoms with E-state index in [4.69, 9.17) is 14.2 Å². The first-order valence-corrected chi connectivity index (χ1v) is 30.8. The van der Waals surface area contributed by atoms with E-state index in [9.17, 15) is 14.4 Å². The van der Waals surface area contributed by atoms with E-state index in [1.54, 1.807) is 0 Å². The van der Waals surface area contributed by atoms with Crippen molar-refractivity contribution in [3.8, 4) is 0 Å². The first kappa shape index (κ1) is 71.3. The summed E-state index contributed by atoms with van der Waals surface area (Å²) in [6, 6.07) is 0. The van der Waals surface area contributed by atoms with Gasteiger partial charge in [-0.2, -0.15) is 0 Å². The zero-order valence-corrected chi connectivity index (χ0v) is 49.0. The van der Waals surface area contributed by atoms with Gasteiger partial charge in [-0.1, -0.05) is 244 Å². The minimum absolute atomic E-state index is 0.101. The number of hydrogen-bond acceptors (Lipinski definition) is 6. The summed E-state index contributed by atoms with van der Waals surface area (Å²) < 4.78 is 16.9. The predicted molar refractivity (Wildman–Crippen MR) is 329 cm³/mol. The number of carbonyl (C=O) groups excluding carboxylic acids is 3. The Kier molecular flexibility index (Phi) is 58.9. The molecule has 0 saturated heterocycles. The Hall–Kier alpha value is -4.71. The molecule has 0 aliphatic heterocycles. The molecule has 0 amide bonds. The van der Waals surface area contributed by atoms with Crippen LogP contribution in [-0.4, -0.2) is 37.2 Å². The molecule has 0 aliphatic rings. The highest BCUT2D eigenvalue weighted by Crippen LogP contribution is 2.14. The van der Waals surface area contributed by atoms with Gasteiger partial charge in [0.1, 0.15) is 13.2 Å². The third-order valence-electron chi connectivity index (χ3n) is 12.6. The summed E-state index contributed by atoms with van der Waals surface area (Å²) >= 11 is 0. The van der Waals surface area contributed by atoms with Gasteiger partial charge in [0, 0.05) is 19.3 Å². The van der Waals surface area contributed by atoms with Crippen molar-refractivity contribution in [2.24, 2.45) is 0 Å². The molecule has 0 aromatic carbocycles. The van der Waals surface area contributed by atoms with Gasteiger partial charge in [-0.3, -0.25) is 14.4 Å². The van der Waals surface area contributed by atoms with Gasteiger partial charge in [0.25, 0.3) is 0 Å². The van der Waals surface area contributed by atoms with Crippen molar-refractivity contribution in [3.05, 3.63) is 146 Å². The zero-order valence-electron chi connectivity index (χ0n) is 49.0. The van der Waals surface area contributed by atoms with Gasteiger partial charge < -0.3 is 14.2 Å². The highest BCUT2D eigenvalue weighted by molar-refractivity contribution is 5.71. The average molecular weight is 1050 g/mol. The van der Waals surface area contributed by atoms with E-state index in [-0.39, 0.29) is 31.1 Å². The fourth-order valence-corrected chi connectivity index (χ4v) is 8.00. The van der Waals surface area contributed by atoms with Crippen molar-refractivity contribution >= 4 is 17.9 Å². The molecule has 0 fully saturated rings. The van der Waals surface area contributed by atoms with Crippen LogP contribution < -0.4 is 0 Å². The van der Waals surface area contributed by atoms with Crippen LogP contribution in [0.4, 0.5) is 0 Å². The van der Waals surface area contributed by atoms with Gasteiger partial charge in [-0.15, -0.1) is 0 Å². The van der Waals surface area contributed by atoms with E-state index < -0.39 is 6.10 Å². The van der Waals surface area contributed by atoms with Gasteiger partial charge in [-0.25, -0.2) is 0 Å². The lowest BCUT2D eigenvalue weighted by Gasteiger charge is -2.18. The Morgan fingerprint density at radius 1 is 0.276 bits per heavy atom. The number of allylic oxidation sites excluding steroid dienone is 24. The summed E-state index contributed by atoms with van der Waals surface area (Å²) in [6.07, 6.45) is 89.8. The molecular weight excluding hydrogens is 937 g/mol. The fraction of sp³-hybridized carbons (Fsp3) is 0.614. The van der Waals surface area contributed by atoms with Crippen molar-refractivity contribution in [1.82, 2.24) is 0 Å². The first-order chi connectivity index (χ1) is 37.5. The van der Waals surface area contributed by atoms with E-state index >= 15 is 0 Å². The van der Waals surface area contributed by atoms with Crippen LogP contribution in [0, 0.1) is 0 Å². The Bertz CT molecular complexity index is 1680. The van der Waals surface area contributed by atoms with Crippen molar-refractivity contribution in [2.45, 2.75) is 264 Å². The van der Waals surface area contributed by atoms with Crippen LogP contribution in [0.2, 0.25) is 0 Å². The van der Waals surface area contributed by atoms with E-state index in [0.717, 1.165) is 167 Å². The highest BCUT2D eigenvalue weighted by Gasteiger charge is 2.19. The van der Waals surface area contributed by atoms with E-state index in [0.29, 0.717) is 19.3 Å². The maximum atomic E-state index is 12.9. The molecule has 0 rings (SSSR count). The number of rotatable bonds is 54. The Balaban J connectivity index is 4.45. The van der Waals surface area contributed by atoms with Crippen LogP contribution in [0.25, 0.3) is 0 Å². The smallest absolute Gasteiger partial charge is 0.306 e. The van der Waals surface area contributed by atoms with Crippen LogP contribution in [0.5, 0.6) is 0 Å². The minimum atomic E-state index is -0.806. The summed E-state index contributed by atoms with van der Waals surface area (Å²) in [5.41, 5.74) is 0. The second kappa shape index (κ2) is 62.8. The molecular formula is C70H112O6. The molecule has 428 valence electrons. The molecule has 1 unspecified atom stereocenters. The molecule has 6 heteroatoms. The second-order valence-electron chi connectivity index (χ2n) is 19.8. The molecule has 0 bridgehead atoms. The molecule has 76 heavy (non-hydrogen) atoms. The summed E-state index contributed by atoms with van der Waals surface area (Å²) in [4.78, 5) is 38.3. The molecule has 0 aromatic heterocycles. The Labute approximate surface area is 467 Å². The number of hydrogen-bond donors (Lipinski definition) is 0. The molecule has 1 atom stereocenters. The average Bonchev–Trinajstić information content (AvgIpc) is 3.42. The predicted octanol–water partition coefficient (Wildman–Crippen LogP) is 21.2.